The SMILES string of the molecule is CSNCCC(=O)N=C(N)CN(CC(F)(F)F)c1ccc(C#N)c(C(F)(F)F)c1. The van der Waals surface area contributed by atoms with Crippen molar-refractivity contribution in [3.05, 3.63) is 29.3 Å². The highest BCUT2D eigenvalue weighted by molar-refractivity contribution is 7.96. The largest absolute Gasteiger partial charge is 0.417 e. The van der Waals surface area contributed by atoms with Crippen molar-refractivity contribution in [1.82, 2.24) is 4.72 Å². The van der Waals surface area contributed by atoms with E-state index in [0.29, 0.717) is 11.0 Å². The molecule has 0 unspecified atom stereocenters. The van der Waals surface area contributed by atoms with Crippen LogP contribution in [0, 0.1) is 11.3 Å². The molecule has 0 radical (unpaired) electrons. The van der Waals surface area contributed by atoms with Crippen molar-refractivity contribution < 1.29 is 31.1 Å². The van der Waals surface area contributed by atoms with E-state index in [0.717, 1.165) is 12.1 Å². The van der Waals surface area contributed by atoms with Gasteiger partial charge in [0, 0.05) is 18.7 Å². The van der Waals surface area contributed by atoms with Crippen molar-refractivity contribution in [1.29, 1.82) is 5.26 Å². The van der Waals surface area contributed by atoms with Crippen LogP contribution < -0.4 is 15.4 Å². The van der Waals surface area contributed by atoms with Crippen LogP contribution in [-0.4, -0.2) is 43.8 Å². The van der Waals surface area contributed by atoms with Gasteiger partial charge in [-0.25, -0.2) is 0 Å². The molecule has 0 saturated heterocycles. The molecule has 0 heterocycles. The third kappa shape index (κ3) is 8.61. The summed E-state index contributed by atoms with van der Waals surface area (Å²) >= 11 is 1.25. The lowest BCUT2D eigenvalue weighted by Crippen LogP contribution is -2.40. The van der Waals surface area contributed by atoms with Gasteiger partial charge in [0.05, 0.1) is 23.7 Å². The molecule has 0 fully saturated rings. The van der Waals surface area contributed by atoms with Crippen LogP contribution in [0.4, 0.5) is 32.0 Å². The van der Waals surface area contributed by atoms with Crippen molar-refractivity contribution in [2.24, 2.45) is 10.7 Å². The normalized spacial score (nSPS) is 12.6. The van der Waals surface area contributed by atoms with Gasteiger partial charge in [0.15, 0.2) is 0 Å². The first-order chi connectivity index (χ1) is 13.4. The highest BCUT2D eigenvalue weighted by Crippen LogP contribution is 2.35. The minimum Gasteiger partial charge on any atom is -0.386 e. The zero-order chi connectivity index (χ0) is 22.2. The van der Waals surface area contributed by atoms with Gasteiger partial charge < -0.3 is 10.6 Å². The van der Waals surface area contributed by atoms with Crippen LogP contribution in [0.3, 0.4) is 0 Å². The molecule has 3 N–H and O–H groups in total. The standard InChI is InChI=1S/C16H17F6N5OS/c1-29-25-5-4-14(28)26-13(24)8-27(9-15(17,18)19)11-3-2-10(7-23)12(6-11)16(20,21)22/h2-3,6,25H,4-5,8-9H2,1H3,(H2,24,26,28). The molecule has 0 aromatic heterocycles. The molecule has 13 heteroatoms. The highest BCUT2D eigenvalue weighted by atomic mass is 32.2. The summed E-state index contributed by atoms with van der Waals surface area (Å²) in [5.41, 5.74) is 2.96. The number of nitrogens with one attached hydrogen (secondary N) is 1. The third-order valence-corrected chi connectivity index (χ3v) is 3.86. The zero-order valence-electron chi connectivity index (χ0n) is 15.1. The third-order valence-electron chi connectivity index (χ3n) is 3.37. The molecular weight excluding hydrogens is 424 g/mol. The van der Waals surface area contributed by atoms with Crippen LogP contribution in [0.25, 0.3) is 0 Å². The van der Waals surface area contributed by atoms with Crippen LogP contribution in [0.15, 0.2) is 23.2 Å². The number of alkyl halides is 6. The lowest BCUT2D eigenvalue weighted by Gasteiger charge is -2.26. The van der Waals surface area contributed by atoms with Crippen molar-refractivity contribution in [2.45, 2.75) is 18.8 Å². The van der Waals surface area contributed by atoms with Crippen molar-refractivity contribution in [3.8, 4) is 6.07 Å². The molecule has 0 bridgehead atoms. The minimum atomic E-state index is -4.94. The summed E-state index contributed by atoms with van der Waals surface area (Å²) in [6.45, 7) is -2.10. The lowest BCUT2D eigenvalue weighted by atomic mass is 10.1. The molecule has 160 valence electrons. The van der Waals surface area contributed by atoms with E-state index < -0.39 is 54.0 Å². The Kier molecular flexibility index (Phi) is 8.78. The van der Waals surface area contributed by atoms with E-state index in [-0.39, 0.29) is 13.0 Å². The Morgan fingerprint density at radius 3 is 2.48 bits per heavy atom. The molecule has 0 atom stereocenters. The number of halogens is 6. The number of amides is 1. The Balaban J connectivity index is 3.17. The van der Waals surface area contributed by atoms with Gasteiger partial charge in [0.2, 0.25) is 5.91 Å². The van der Waals surface area contributed by atoms with Crippen molar-refractivity contribution >= 4 is 29.4 Å². The molecule has 0 aliphatic carbocycles. The fourth-order valence-electron chi connectivity index (χ4n) is 2.22. The predicted molar refractivity (Wildman–Crippen MR) is 97.2 cm³/mol. The summed E-state index contributed by atoms with van der Waals surface area (Å²) in [5, 5.41) is 8.80. The number of carbonyl (C=O) groups excluding carboxylic acids is 1. The van der Waals surface area contributed by atoms with Crippen LogP contribution in [0.2, 0.25) is 0 Å². The maximum Gasteiger partial charge on any atom is 0.417 e. The maximum atomic E-state index is 13.1. The molecule has 29 heavy (non-hydrogen) atoms. The second kappa shape index (κ2) is 10.4. The van der Waals surface area contributed by atoms with Gasteiger partial charge in [-0.15, -0.1) is 0 Å². The molecular formula is C16H17F6N5OS. The van der Waals surface area contributed by atoms with Gasteiger partial charge in [-0.05, 0) is 24.5 Å². The van der Waals surface area contributed by atoms with Crippen LogP contribution in [0.1, 0.15) is 17.5 Å². The number of anilines is 1. The molecule has 6 nitrogen and oxygen atoms in total. The number of amidine groups is 1. The first-order valence-electron chi connectivity index (χ1n) is 7.92. The number of nitrogens with zero attached hydrogens (tertiary/aromatic N) is 3. The van der Waals surface area contributed by atoms with E-state index in [9.17, 15) is 31.1 Å². The fraction of sp³-hybridized carbons (Fsp3) is 0.438. The molecule has 1 amide bonds. The highest BCUT2D eigenvalue weighted by Gasteiger charge is 2.36. The monoisotopic (exact) mass is 441 g/mol. The van der Waals surface area contributed by atoms with Crippen molar-refractivity contribution in [2.75, 3.05) is 30.8 Å². The summed E-state index contributed by atoms with van der Waals surface area (Å²) in [6.07, 6.45) is -8.04. The van der Waals surface area contributed by atoms with Gasteiger partial charge in [-0.1, -0.05) is 11.9 Å². The molecule has 1 aromatic carbocycles. The van der Waals surface area contributed by atoms with Crippen LogP contribution in [0.5, 0.6) is 0 Å². The van der Waals surface area contributed by atoms with Gasteiger partial charge in [-0.2, -0.15) is 36.6 Å². The average Bonchev–Trinajstić information content (AvgIpc) is 2.58. The second-order valence-corrected chi connectivity index (χ2v) is 6.35. The van der Waals surface area contributed by atoms with Gasteiger partial charge in [-0.3, -0.25) is 9.52 Å². The van der Waals surface area contributed by atoms with E-state index in [1.165, 1.54) is 18.0 Å². The van der Waals surface area contributed by atoms with E-state index in [4.69, 9.17) is 11.0 Å². The summed E-state index contributed by atoms with van der Waals surface area (Å²) in [7, 11) is 0. The van der Waals surface area contributed by atoms with E-state index in [1.54, 1.807) is 6.26 Å². The first kappa shape index (κ1) is 24.6. The summed E-state index contributed by atoms with van der Waals surface area (Å²) < 4.78 is 80.8. The van der Waals surface area contributed by atoms with Gasteiger partial charge >= 0.3 is 12.4 Å². The van der Waals surface area contributed by atoms with Crippen LogP contribution in [-0.2, 0) is 11.0 Å². The Labute approximate surface area is 166 Å². The van der Waals surface area contributed by atoms with E-state index >= 15 is 0 Å². The lowest BCUT2D eigenvalue weighted by molar-refractivity contribution is -0.137. The van der Waals surface area contributed by atoms with E-state index in [2.05, 4.69) is 9.71 Å². The molecule has 0 spiro atoms. The Bertz CT molecular complexity index is 787. The molecule has 0 saturated carbocycles. The summed E-state index contributed by atoms with van der Waals surface area (Å²) in [4.78, 5) is 15.6. The summed E-state index contributed by atoms with van der Waals surface area (Å²) in [5.74, 6) is -1.17. The van der Waals surface area contributed by atoms with Crippen molar-refractivity contribution in [3.63, 3.8) is 0 Å². The van der Waals surface area contributed by atoms with Crippen LogP contribution >= 0.6 is 11.9 Å². The van der Waals surface area contributed by atoms with Gasteiger partial charge in [0.1, 0.15) is 12.4 Å². The predicted octanol–water partition coefficient (Wildman–Crippen LogP) is 3.09. The number of nitrogens with two attached hydrogens (primary N) is 1. The number of hydrogen-bond donors (Lipinski definition) is 2. The number of aliphatic imine (C=N–C) groups is 1. The topological polar surface area (TPSA) is 94.5 Å². The quantitative estimate of drug-likeness (QED) is 0.212. The molecule has 1 aromatic rings. The minimum absolute atomic E-state index is 0.0596. The smallest absolute Gasteiger partial charge is 0.386 e. The maximum absolute atomic E-state index is 13.1. The molecule has 0 aliphatic heterocycles. The zero-order valence-corrected chi connectivity index (χ0v) is 15.9. The average molecular weight is 441 g/mol. The summed E-state index contributed by atoms with van der Waals surface area (Å²) in [6, 6.07) is 3.49. The number of hydrogen-bond acceptors (Lipinski definition) is 5. The fourth-order valence-corrected chi connectivity index (χ4v) is 2.53. The number of carbonyl (C=O) groups is 1. The van der Waals surface area contributed by atoms with E-state index in [1.807, 2.05) is 0 Å². The molecule has 1 rings (SSSR count). The Morgan fingerprint density at radius 1 is 1.31 bits per heavy atom. The Morgan fingerprint density at radius 2 is 1.97 bits per heavy atom. The Hall–Kier alpha value is -2.46. The van der Waals surface area contributed by atoms with Gasteiger partial charge in [0.25, 0.3) is 0 Å². The number of benzene rings is 1. The number of rotatable bonds is 8. The second-order valence-electron chi connectivity index (χ2n) is 5.66. The molecule has 0 aliphatic rings. The number of nitriles is 1. The first-order valence-corrected chi connectivity index (χ1v) is 9.14.